The largest absolute Gasteiger partial charge is 0.481 e. The van der Waals surface area contributed by atoms with Crippen molar-refractivity contribution >= 4 is 18.0 Å². The van der Waals surface area contributed by atoms with Gasteiger partial charge in [0, 0.05) is 19.0 Å². The standard InChI is InChI=1S/C28H34N2O5/c1-27(2,25(32)33)18-10-9-15-30(16-18)24(31)28(3,4)29-26(34)35-17-23-21-13-7-5-11-19(21)20-12-6-8-14-22(20)23/h5-8,11-14,18,23H,9-10,15-17H2,1-4H3,(H,29,34)(H,32,33). The molecule has 0 spiro atoms. The number of ether oxygens (including phenoxy) is 1. The molecule has 0 aromatic heterocycles. The monoisotopic (exact) mass is 478 g/mol. The first-order valence-electron chi connectivity index (χ1n) is 12.2. The molecular formula is C28H34N2O5. The van der Waals surface area contributed by atoms with Crippen LogP contribution < -0.4 is 5.32 Å². The Labute approximate surface area is 206 Å². The zero-order valence-electron chi connectivity index (χ0n) is 20.8. The minimum atomic E-state index is -1.18. The zero-order valence-corrected chi connectivity index (χ0v) is 20.8. The second kappa shape index (κ2) is 9.36. The molecule has 4 rings (SSSR count). The van der Waals surface area contributed by atoms with E-state index in [0.717, 1.165) is 35.1 Å². The van der Waals surface area contributed by atoms with Crippen LogP contribution in [0.2, 0.25) is 0 Å². The highest BCUT2D eigenvalue weighted by molar-refractivity contribution is 5.89. The molecule has 1 aliphatic carbocycles. The molecule has 1 unspecified atom stereocenters. The number of hydrogen-bond acceptors (Lipinski definition) is 4. The number of nitrogens with zero attached hydrogens (tertiary/aromatic N) is 1. The fourth-order valence-corrected chi connectivity index (χ4v) is 5.26. The van der Waals surface area contributed by atoms with Crippen LogP contribution in [0.5, 0.6) is 0 Å². The summed E-state index contributed by atoms with van der Waals surface area (Å²) < 4.78 is 5.62. The highest BCUT2D eigenvalue weighted by Crippen LogP contribution is 2.44. The van der Waals surface area contributed by atoms with Crippen molar-refractivity contribution in [3.05, 3.63) is 59.7 Å². The van der Waals surface area contributed by atoms with Gasteiger partial charge >= 0.3 is 12.1 Å². The van der Waals surface area contributed by atoms with E-state index in [4.69, 9.17) is 4.74 Å². The Morgan fingerprint density at radius 3 is 2.14 bits per heavy atom. The van der Waals surface area contributed by atoms with Crippen molar-refractivity contribution in [1.82, 2.24) is 10.2 Å². The van der Waals surface area contributed by atoms with E-state index >= 15 is 0 Å². The number of piperidine rings is 1. The number of aliphatic carboxylic acids is 1. The lowest BCUT2D eigenvalue weighted by atomic mass is 9.74. The summed E-state index contributed by atoms with van der Waals surface area (Å²) in [5.41, 5.74) is 2.43. The highest BCUT2D eigenvalue weighted by Gasteiger charge is 2.43. The van der Waals surface area contributed by atoms with Crippen LogP contribution in [0.4, 0.5) is 4.79 Å². The summed E-state index contributed by atoms with van der Waals surface area (Å²) >= 11 is 0. The van der Waals surface area contributed by atoms with Gasteiger partial charge in [-0.05, 0) is 68.7 Å². The number of carbonyl (C=O) groups excluding carboxylic acids is 2. The molecule has 1 aliphatic heterocycles. The number of rotatable bonds is 6. The molecule has 2 amide bonds. The van der Waals surface area contributed by atoms with Crippen LogP contribution in [-0.2, 0) is 14.3 Å². The Balaban J connectivity index is 1.39. The number of carboxylic acids is 1. The first-order chi connectivity index (χ1) is 16.5. The Bertz CT molecular complexity index is 1090. The van der Waals surface area contributed by atoms with E-state index in [0.29, 0.717) is 13.1 Å². The molecule has 1 fully saturated rings. The quantitative estimate of drug-likeness (QED) is 0.630. The fourth-order valence-electron chi connectivity index (χ4n) is 5.26. The maximum Gasteiger partial charge on any atom is 0.408 e. The van der Waals surface area contributed by atoms with E-state index in [9.17, 15) is 19.5 Å². The first-order valence-corrected chi connectivity index (χ1v) is 12.2. The van der Waals surface area contributed by atoms with Gasteiger partial charge < -0.3 is 20.1 Å². The molecule has 2 aromatic rings. The third-order valence-corrected chi connectivity index (χ3v) is 7.57. The van der Waals surface area contributed by atoms with Gasteiger partial charge in [0.15, 0.2) is 0 Å². The van der Waals surface area contributed by atoms with Gasteiger partial charge in [-0.2, -0.15) is 0 Å². The van der Waals surface area contributed by atoms with Gasteiger partial charge in [-0.15, -0.1) is 0 Å². The van der Waals surface area contributed by atoms with Crippen LogP contribution in [0, 0.1) is 11.3 Å². The number of hydrogen-bond donors (Lipinski definition) is 2. The van der Waals surface area contributed by atoms with Crippen LogP contribution in [0.3, 0.4) is 0 Å². The Morgan fingerprint density at radius 1 is 1.00 bits per heavy atom. The van der Waals surface area contributed by atoms with Gasteiger partial charge in [-0.1, -0.05) is 48.5 Å². The molecule has 7 nitrogen and oxygen atoms in total. The molecule has 7 heteroatoms. The van der Waals surface area contributed by atoms with Crippen molar-refractivity contribution in [2.75, 3.05) is 19.7 Å². The summed E-state index contributed by atoms with van der Waals surface area (Å²) in [5.74, 6) is -1.32. The molecule has 1 atom stereocenters. The van der Waals surface area contributed by atoms with Gasteiger partial charge in [0.2, 0.25) is 5.91 Å². The van der Waals surface area contributed by atoms with Crippen molar-refractivity contribution in [3.63, 3.8) is 0 Å². The number of benzene rings is 2. The summed E-state index contributed by atoms with van der Waals surface area (Å²) in [6, 6.07) is 16.2. The normalized spacial score (nSPS) is 17.9. The lowest BCUT2D eigenvalue weighted by molar-refractivity contribution is -0.154. The average Bonchev–Trinajstić information content (AvgIpc) is 3.15. The fraction of sp³-hybridized carbons (Fsp3) is 0.464. The second-order valence-corrected chi connectivity index (χ2v) is 10.7. The summed E-state index contributed by atoms with van der Waals surface area (Å²) in [6.45, 7) is 7.78. The third-order valence-electron chi connectivity index (χ3n) is 7.57. The lowest BCUT2D eigenvalue weighted by Gasteiger charge is -2.41. The number of likely N-dealkylation sites (tertiary alicyclic amines) is 1. The van der Waals surface area contributed by atoms with Gasteiger partial charge in [-0.25, -0.2) is 4.79 Å². The Morgan fingerprint density at radius 2 is 1.57 bits per heavy atom. The maximum atomic E-state index is 13.3. The highest BCUT2D eigenvalue weighted by atomic mass is 16.5. The van der Waals surface area contributed by atoms with Crippen molar-refractivity contribution in [2.45, 2.75) is 52.0 Å². The predicted molar refractivity (Wildman–Crippen MR) is 133 cm³/mol. The van der Waals surface area contributed by atoms with Crippen molar-refractivity contribution in [1.29, 1.82) is 0 Å². The Kier molecular flexibility index (Phi) is 6.62. The summed E-state index contributed by atoms with van der Waals surface area (Å²) in [7, 11) is 0. The van der Waals surface area contributed by atoms with E-state index in [1.54, 1.807) is 32.6 Å². The van der Waals surface area contributed by atoms with Gasteiger partial charge in [-0.3, -0.25) is 9.59 Å². The lowest BCUT2D eigenvalue weighted by Crippen LogP contribution is -2.58. The summed E-state index contributed by atoms with van der Waals surface area (Å²) in [5, 5.41) is 12.3. The SMILES string of the molecule is CC(C)(NC(=O)OCC1c2ccccc2-c2ccccc21)C(=O)N1CCCC(C(C)(C)C(=O)O)C1. The molecule has 2 aromatic carbocycles. The molecule has 1 saturated heterocycles. The number of carbonyl (C=O) groups is 3. The van der Waals surface area contributed by atoms with Crippen LogP contribution >= 0.6 is 0 Å². The molecule has 35 heavy (non-hydrogen) atoms. The molecule has 1 heterocycles. The van der Waals surface area contributed by atoms with Crippen LogP contribution in [0.15, 0.2) is 48.5 Å². The number of fused-ring (bicyclic) bond motifs is 3. The van der Waals surface area contributed by atoms with E-state index in [1.165, 1.54) is 0 Å². The molecular weight excluding hydrogens is 444 g/mol. The van der Waals surface area contributed by atoms with E-state index < -0.39 is 23.0 Å². The minimum absolute atomic E-state index is 0.0620. The zero-order chi connectivity index (χ0) is 25.4. The van der Waals surface area contributed by atoms with E-state index in [1.807, 2.05) is 24.3 Å². The maximum absolute atomic E-state index is 13.3. The minimum Gasteiger partial charge on any atom is -0.481 e. The smallest absolute Gasteiger partial charge is 0.408 e. The van der Waals surface area contributed by atoms with Crippen molar-refractivity contribution < 1.29 is 24.2 Å². The molecule has 0 radical (unpaired) electrons. The molecule has 0 bridgehead atoms. The Hall–Kier alpha value is -3.35. The van der Waals surface area contributed by atoms with E-state index in [-0.39, 0.29) is 24.3 Å². The topological polar surface area (TPSA) is 95.9 Å². The van der Waals surface area contributed by atoms with Crippen LogP contribution in [0.1, 0.15) is 57.6 Å². The third kappa shape index (κ3) is 4.77. The number of alkyl carbamates (subject to hydrolysis) is 1. The molecule has 186 valence electrons. The predicted octanol–water partition coefficient (Wildman–Crippen LogP) is 4.65. The van der Waals surface area contributed by atoms with E-state index in [2.05, 4.69) is 29.6 Å². The van der Waals surface area contributed by atoms with Crippen molar-refractivity contribution in [2.24, 2.45) is 11.3 Å². The first kappa shape index (κ1) is 24.8. The second-order valence-electron chi connectivity index (χ2n) is 10.7. The van der Waals surface area contributed by atoms with Crippen molar-refractivity contribution in [3.8, 4) is 11.1 Å². The molecule has 0 saturated carbocycles. The molecule has 2 aliphatic rings. The average molecular weight is 479 g/mol. The van der Waals surface area contributed by atoms with Crippen LogP contribution in [0.25, 0.3) is 11.1 Å². The summed E-state index contributed by atoms with van der Waals surface area (Å²) in [4.78, 5) is 39.4. The number of carboxylic acid groups (broad SMARTS) is 1. The number of amides is 2. The van der Waals surface area contributed by atoms with Gasteiger partial charge in [0.25, 0.3) is 0 Å². The number of nitrogens with one attached hydrogen (secondary N) is 1. The molecule has 2 N–H and O–H groups in total. The van der Waals surface area contributed by atoms with Crippen LogP contribution in [-0.4, -0.2) is 53.2 Å². The van der Waals surface area contributed by atoms with Gasteiger partial charge in [0.05, 0.1) is 5.41 Å². The van der Waals surface area contributed by atoms with Gasteiger partial charge in [0.1, 0.15) is 12.1 Å². The summed E-state index contributed by atoms with van der Waals surface area (Å²) in [6.07, 6.45) is 0.835.